The van der Waals surface area contributed by atoms with Gasteiger partial charge >= 0.3 is 0 Å². The summed E-state index contributed by atoms with van der Waals surface area (Å²) in [5.74, 6) is 0.398. The van der Waals surface area contributed by atoms with Crippen molar-refractivity contribution in [2.75, 3.05) is 33.8 Å². The number of carbonyl (C=O) groups is 1. The number of carbonyl (C=O) groups excluding carboxylic acids is 1. The Morgan fingerprint density at radius 3 is 2.60 bits per heavy atom. The monoisotopic (exact) mass is 422 g/mol. The molecule has 1 heterocycles. The predicted molar refractivity (Wildman–Crippen MR) is 117 cm³/mol. The Hall–Kier alpha value is -3.14. The maximum atomic E-state index is 12.9. The molecule has 0 saturated heterocycles. The van der Waals surface area contributed by atoms with Gasteiger partial charge in [-0.05, 0) is 56.1 Å². The molecule has 0 aliphatic carbocycles. The van der Waals surface area contributed by atoms with Crippen LogP contribution in [-0.2, 0) is 11.3 Å². The Labute approximate surface area is 181 Å². The minimum Gasteiger partial charge on any atom is -0.481 e. The van der Waals surface area contributed by atoms with Crippen LogP contribution in [0.4, 0.5) is 0 Å². The lowest BCUT2D eigenvalue weighted by atomic mass is 10.1. The van der Waals surface area contributed by atoms with E-state index in [-0.39, 0.29) is 12.5 Å². The van der Waals surface area contributed by atoms with E-state index in [4.69, 9.17) is 21.6 Å². The van der Waals surface area contributed by atoms with E-state index in [2.05, 4.69) is 11.1 Å². The molecule has 0 atom stereocenters. The average Bonchev–Trinajstić information content (AvgIpc) is 2.76. The summed E-state index contributed by atoms with van der Waals surface area (Å²) in [5.41, 5.74) is 2.18. The number of nitriles is 1. The number of nitrogens with zero attached hydrogens (tertiary/aromatic N) is 4. The van der Waals surface area contributed by atoms with Gasteiger partial charge in [-0.15, -0.1) is 0 Å². The van der Waals surface area contributed by atoms with Crippen molar-refractivity contribution < 1.29 is 9.53 Å². The van der Waals surface area contributed by atoms with Gasteiger partial charge in [0.15, 0.2) is 6.61 Å². The van der Waals surface area contributed by atoms with E-state index < -0.39 is 0 Å². The molecule has 3 aromatic rings. The molecule has 3 rings (SSSR count). The van der Waals surface area contributed by atoms with Crippen LogP contribution in [0.1, 0.15) is 11.1 Å². The lowest BCUT2D eigenvalue weighted by Crippen LogP contribution is -2.39. The minimum atomic E-state index is -0.125. The van der Waals surface area contributed by atoms with Crippen LogP contribution in [0.2, 0.25) is 5.02 Å². The molecule has 0 saturated carbocycles. The average molecular weight is 423 g/mol. The molecule has 0 fully saturated rings. The first-order chi connectivity index (χ1) is 14.5. The van der Waals surface area contributed by atoms with Gasteiger partial charge in [0.05, 0.1) is 16.7 Å². The molecule has 30 heavy (non-hydrogen) atoms. The quantitative estimate of drug-likeness (QED) is 0.553. The zero-order chi connectivity index (χ0) is 21.5. The zero-order valence-corrected chi connectivity index (χ0v) is 17.8. The summed E-state index contributed by atoms with van der Waals surface area (Å²) in [6.45, 7) is 1.64. The summed E-state index contributed by atoms with van der Waals surface area (Å²) in [4.78, 5) is 21.1. The molecule has 7 heteroatoms. The van der Waals surface area contributed by atoms with Crippen LogP contribution in [0.5, 0.6) is 5.75 Å². The fraction of sp³-hybridized carbons (Fsp3) is 0.261. The molecule has 154 valence electrons. The zero-order valence-electron chi connectivity index (χ0n) is 17.0. The Kier molecular flexibility index (Phi) is 7.23. The molecule has 2 aromatic carbocycles. The first-order valence-electron chi connectivity index (χ1n) is 9.55. The van der Waals surface area contributed by atoms with Crippen molar-refractivity contribution in [1.29, 1.82) is 5.26 Å². The van der Waals surface area contributed by atoms with Gasteiger partial charge in [0.1, 0.15) is 11.3 Å². The van der Waals surface area contributed by atoms with E-state index in [0.717, 1.165) is 17.5 Å². The molecule has 0 bridgehead atoms. The van der Waals surface area contributed by atoms with Gasteiger partial charge in [0, 0.05) is 31.2 Å². The second-order valence-corrected chi connectivity index (χ2v) is 7.57. The molecule has 0 unspecified atom stereocenters. The van der Waals surface area contributed by atoms with Crippen LogP contribution < -0.4 is 4.74 Å². The molecule has 6 nitrogen and oxygen atoms in total. The fourth-order valence-corrected chi connectivity index (χ4v) is 3.19. The normalized spacial score (nSPS) is 10.8. The van der Waals surface area contributed by atoms with Crippen molar-refractivity contribution in [2.24, 2.45) is 0 Å². The lowest BCUT2D eigenvalue weighted by Gasteiger charge is -2.25. The molecule has 0 aliphatic rings. The molecule has 0 spiro atoms. The number of ether oxygens (including phenoxy) is 1. The van der Waals surface area contributed by atoms with Gasteiger partial charge < -0.3 is 14.5 Å². The third-order valence-corrected chi connectivity index (χ3v) is 4.99. The maximum Gasteiger partial charge on any atom is 0.260 e. The third kappa shape index (κ3) is 5.47. The number of benzene rings is 2. The number of aromatic nitrogens is 1. The highest BCUT2D eigenvalue weighted by molar-refractivity contribution is 6.35. The molecular weight excluding hydrogens is 400 g/mol. The second kappa shape index (κ2) is 10.1. The largest absolute Gasteiger partial charge is 0.481 e. The molecule has 0 N–H and O–H groups in total. The number of likely N-dealkylation sites (N-methyl/N-ethyl adjacent to an activating group) is 1. The number of halogens is 1. The highest BCUT2D eigenvalue weighted by atomic mass is 35.5. The summed E-state index contributed by atoms with van der Waals surface area (Å²) >= 11 is 6.23. The van der Waals surface area contributed by atoms with E-state index in [9.17, 15) is 4.79 Å². The SMILES string of the molecule is CN(C)CCN(Cc1ccc(C#N)cc1)C(=O)COc1ccc(Cl)c2cccnc12. The fourth-order valence-electron chi connectivity index (χ4n) is 2.98. The van der Waals surface area contributed by atoms with Crippen LogP contribution in [0, 0.1) is 11.3 Å². The highest BCUT2D eigenvalue weighted by Gasteiger charge is 2.16. The predicted octanol–water partition coefficient (Wildman–Crippen LogP) is 3.73. The molecule has 0 radical (unpaired) electrons. The number of hydrogen-bond donors (Lipinski definition) is 0. The van der Waals surface area contributed by atoms with Crippen LogP contribution in [0.25, 0.3) is 10.9 Å². The van der Waals surface area contributed by atoms with Crippen molar-refractivity contribution in [3.8, 4) is 11.8 Å². The number of hydrogen-bond acceptors (Lipinski definition) is 5. The van der Waals surface area contributed by atoms with Gasteiger partial charge in [-0.2, -0.15) is 5.26 Å². The van der Waals surface area contributed by atoms with Gasteiger partial charge in [-0.1, -0.05) is 23.7 Å². The summed E-state index contributed by atoms with van der Waals surface area (Å²) in [6, 6.07) is 16.5. The van der Waals surface area contributed by atoms with Gasteiger partial charge in [0.2, 0.25) is 0 Å². The number of pyridine rings is 1. The molecular formula is C23H23ClN4O2. The van der Waals surface area contributed by atoms with E-state index in [1.54, 1.807) is 35.4 Å². The van der Waals surface area contributed by atoms with Crippen molar-refractivity contribution in [3.63, 3.8) is 0 Å². The Balaban J connectivity index is 1.73. The van der Waals surface area contributed by atoms with Crippen LogP contribution >= 0.6 is 11.6 Å². The number of amides is 1. The lowest BCUT2D eigenvalue weighted by molar-refractivity contribution is -0.134. The Morgan fingerprint density at radius 2 is 1.90 bits per heavy atom. The Bertz CT molecular complexity index is 1060. The molecule has 1 aromatic heterocycles. The standard InChI is InChI=1S/C23H23ClN4O2/c1-27(2)12-13-28(15-18-7-5-17(14-25)6-8-18)22(29)16-30-21-10-9-20(24)19-4-3-11-26-23(19)21/h3-11H,12-13,15-16H2,1-2H3. The van der Waals surface area contributed by atoms with Crippen molar-refractivity contribution in [3.05, 3.63) is 70.9 Å². The van der Waals surface area contributed by atoms with Crippen LogP contribution in [0.3, 0.4) is 0 Å². The maximum absolute atomic E-state index is 12.9. The number of fused-ring (bicyclic) bond motifs is 1. The minimum absolute atomic E-state index is 0.100. The summed E-state index contributed by atoms with van der Waals surface area (Å²) < 4.78 is 5.83. The second-order valence-electron chi connectivity index (χ2n) is 7.16. The van der Waals surface area contributed by atoms with Crippen LogP contribution in [-0.4, -0.2) is 54.5 Å². The van der Waals surface area contributed by atoms with Crippen molar-refractivity contribution >= 4 is 28.4 Å². The number of rotatable bonds is 8. The first-order valence-corrected chi connectivity index (χ1v) is 9.93. The van der Waals surface area contributed by atoms with Crippen molar-refractivity contribution in [1.82, 2.24) is 14.8 Å². The summed E-state index contributed by atoms with van der Waals surface area (Å²) in [5, 5.41) is 10.3. The van der Waals surface area contributed by atoms with Gasteiger partial charge in [-0.25, -0.2) is 0 Å². The van der Waals surface area contributed by atoms with Gasteiger partial charge in [0.25, 0.3) is 5.91 Å². The Morgan fingerprint density at radius 1 is 1.13 bits per heavy atom. The highest BCUT2D eigenvalue weighted by Crippen LogP contribution is 2.29. The topological polar surface area (TPSA) is 69.5 Å². The summed E-state index contributed by atoms with van der Waals surface area (Å²) in [7, 11) is 3.93. The van der Waals surface area contributed by atoms with Crippen molar-refractivity contribution in [2.45, 2.75) is 6.54 Å². The van der Waals surface area contributed by atoms with E-state index in [1.165, 1.54) is 0 Å². The third-order valence-electron chi connectivity index (χ3n) is 4.66. The van der Waals surface area contributed by atoms with E-state index in [1.807, 2.05) is 43.3 Å². The first kappa shape index (κ1) is 21.6. The van der Waals surface area contributed by atoms with E-state index >= 15 is 0 Å². The molecule has 0 aliphatic heterocycles. The smallest absolute Gasteiger partial charge is 0.260 e. The summed E-state index contributed by atoms with van der Waals surface area (Å²) in [6.07, 6.45) is 1.67. The van der Waals surface area contributed by atoms with Gasteiger partial charge in [-0.3, -0.25) is 9.78 Å². The van der Waals surface area contributed by atoms with Crippen LogP contribution in [0.15, 0.2) is 54.7 Å². The van der Waals surface area contributed by atoms with E-state index in [0.29, 0.717) is 34.9 Å². The molecule has 1 amide bonds.